The van der Waals surface area contributed by atoms with Gasteiger partial charge in [0.15, 0.2) is 0 Å². The molecule has 0 atom stereocenters. The summed E-state index contributed by atoms with van der Waals surface area (Å²) in [5.74, 6) is 1.70. The average molecular weight is 341 g/mol. The Balaban J connectivity index is 1.52. The number of amides is 1. The molecule has 2 rings (SSSR count). The minimum Gasteiger partial charge on any atom is -0.494 e. The van der Waals surface area contributed by atoms with Gasteiger partial charge in [-0.05, 0) is 49.6 Å². The number of carbonyl (C=O) groups is 1. The molecular weight excluding hydrogens is 314 g/mol. The number of carbonyl (C=O) groups excluding carboxylic acids is 1. The third-order valence-electron chi connectivity index (χ3n) is 3.86. The maximum absolute atomic E-state index is 11.8. The molecule has 0 bridgehead atoms. The lowest BCUT2D eigenvalue weighted by molar-refractivity contribution is -0.121. The maximum Gasteiger partial charge on any atom is 0.220 e. The Kier molecular flexibility index (Phi) is 7.83. The highest BCUT2D eigenvalue weighted by Gasteiger charge is 2.02. The number of ether oxygens (including phenoxy) is 2. The second-order valence-corrected chi connectivity index (χ2v) is 5.96. The molecule has 0 heterocycles. The van der Waals surface area contributed by atoms with E-state index in [1.54, 1.807) is 0 Å². The highest BCUT2D eigenvalue weighted by molar-refractivity contribution is 5.75. The van der Waals surface area contributed by atoms with E-state index in [1.165, 1.54) is 11.1 Å². The fourth-order valence-corrected chi connectivity index (χ4v) is 2.33. The summed E-state index contributed by atoms with van der Waals surface area (Å²) in [5, 5.41) is 2.86. The predicted molar refractivity (Wildman–Crippen MR) is 100 cm³/mol. The first-order valence-electron chi connectivity index (χ1n) is 8.85. The highest BCUT2D eigenvalue weighted by Crippen LogP contribution is 2.13. The van der Waals surface area contributed by atoms with Gasteiger partial charge >= 0.3 is 0 Å². The topological polar surface area (TPSA) is 47.6 Å². The van der Waals surface area contributed by atoms with Gasteiger partial charge in [0, 0.05) is 6.42 Å². The van der Waals surface area contributed by atoms with Crippen molar-refractivity contribution in [1.82, 2.24) is 5.32 Å². The van der Waals surface area contributed by atoms with Gasteiger partial charge in [0.05, 0.1) is 13.2 Å². The zero-order valence-electron chi connectivity index (χ0n) is 15.1. The summed E-state index contributed by atoms with van der Waals surface area (Å²) in [7, 11) is 0. The second-order valence-electron chi connectivity index (χ2n) is 5.96. The van der Waals surface area contributed by atoms with E-state index in [2.05, 4.69) is 24.4 Å². The lowest BCUT2D eigenvalue weighted by Gasteiger charge is -2.09. The number of aryl methyl sites for hydroxylation is 2. The Bertz CT molecular complexity index is 635. The fraction of sp³-hybridized carbons (Fsp3) is 0.381. The van der Waals surface area contributed by atoms with Crippen LogP contribution in [0.1, 0.15) is 30.9 Å². The predicted octanol–water partition coefficient (Wildman–Crippen LogP) is 3.91. The number of nitrogens with one attached hydrogen (secondary N) is 1. The Morgan fingerprint density at radius 3 is 2.16 bits per heavy atom. The van der Waals surface area contributed by atoms with Crippen LogP contribution in [0, 0.1) is 6.92 Å². The molecule has 134 valence electrons. The molecule has 25 heavy (non-hydrogen) atoms. The van der Waals surface area contributed by atoms with Crippen molar-refractivity contribution in [1.29, 1.82) is 0 Å². The monoisotopic (exact) mass is 341 g/mol. The van der Waals surface area contributed by atoms with Crippen molar-refractivity contribution < 1.29 is 14.3 Å². The van der Waals surface area contributed by atoms with Crippen LogP contribution in [0.3, 0.4) is 0 Å². The standard InChI is InChI=1S/C21H27NO3/c1-3-18-8-12-20(13-9-18)24-15-4-5-21(23)22-14-16-25-19-10-6-17(2)7-11-19/h6-13H,3-5,14-16H2,1-2H3,(H,22,23). The summed E-state index contributed by atoms with van der Waals surface area (Å²) in [5.41, 5.74) is 2.49. The lowest BCUT2D eigenvalue weighted by Crippen LogP contribution is -2.28. The molecule has 4 heteroatoms. The van der Waals surface area contributed by atoms with Gasteiger partial charge in [-0.3, -0.25) is 4.79 Å². The summed E-state index contributed by atoms with van der Waals surface area (Å²) >= 11 is 0. The van der Waals surface area contributed by atoms with Gasteiger partial charge in [-0.1, -0.05) is 36.8 Å². The first-order valence-corrected chi connectivity index (χ1v) is 8.85. The Morgan fingerprint density at radius 2 is 1.52 bits per heavy atom. The van der Waals surface area contributed by atoms with Crippen LogP contribution in [0.15, 0.2) is 48.5 Å². The van der Waals surface area contributed by atoms with Crippen molar-refractivity contribution in [3.05, 3.63) is 59.7 Å². The van der Waals surface area contributed by atoms with E-state index in [4.69, 9.17) is 9.47 Å². The fourth-order valence-electron chi connectivity index (χ4n) is 2.33. The van der Waals surface area contributed by atoms with Crippen molar-refractivity contribution in [2.75, 3.05) is 19.8 Å². The Labute approximate surface area is 150 Å². The van der Waals surface area contributed by atoms with E-state index in [9.17, 15) is 4.79 Å². The minimum atomic E-state index is 0.0254. The van der Waals surface area contributed by atoms with Crippen LogP contribution in [0.2, 0.25) is 0 Å². The van der Waals surface area contributed by atoms with Crippen LogP contribution in [0.4, 0.5) is 0 Å². The molecular formula is C21H27NO3. The van der Waals surface area contributed by atoms with Gasteiger partial charge < -0.3 is 14.8 Å². The number of hydrogen-bond acceptors (Lipinski definition) is 3. The quantitative estimate of drug-likeness (QED) is 0.667. The van der Waals surface area contributed by atoms with Gasteiger partial charge in [-0.2, -0.15) is 0 Å². The third kappa shape index (κ3) is 7.29. The average Bonchev–Trinajstić information content (AvgIpc) is 2.64. The normalized spacial score (nSPS) is 10.3. The van der Waals surface area contributed by atoms with Crippen molar-refractivity contribution >= 4 is 5.91 Å². The van der Waals surface area contributed by atoms with Crippen LogP contribution in [-0.2, 0) is 11.2 Å². The Morgan fingerprint density at radius 1 is 0.920 bits per heavy atom. The maximum atomic E-state index is 11.8. The van der Waals surface area contributed by atoms with Gasteiger partial charge in [0.1, 0.15) is 18.1 Å². The lowest BCUT2D eigenvalue weighted by atomic mass is 10.2. The van der Waals surface area contributed by atoms with Crippen molar-refractivity contribution in [2.24, 2.45) is 0 Å². The molecule has 0 radical (unpaired) electrons. The summed E-state index contributed by atoms with van der Waals surface area (Å²) < 4.78 is 11.2. The molecule has 0 aromatic heterocycles. The number of benzene rings is 2. The van der Waals surface area contributed by atoms with Crippen LogP contribution in [0.5, 0.6) is 11.5 Å². The molecule has 4 nitrogen and oxygen atoms in total. The zero-order valence-corrected chi connectivity index (χ0v) is 15.1. The molecule has 0 saturated heterocycles. The van der Waals surface area contributed by atoms with Crippen LogP contribution < -0.4 is 14.8 Å². The minimum absolute atomic E-state index is 0.0254. The highest BCUT2D eigenvalue weighted by atomic mass is 16.5. The first-order chi connectivity index (χ1) is 12.2. The van der Waals surface area contributed by atoms with E-state index in [0.717, 1.165) is 17.9 Å². The van der Waals surface area contributed by atoms with Crippen molar-refractivity contribution in [2.45, 2.75) is 33.1 Å². The number of hydrogen-bond donors (Lipinski definition) is 1. The summed E-state index contributed by atoms with van der Waals surface area (Å²) in [4.78, 5) is 11.8. The van der Waals surface area contributed by atoms with Crippen LogP contribution >= 0.6 is 0 Å². The zero-order chi connectivity index (χ0) is 17.9. The van der Waals surface area contributed by atoms with E-state index in [1.807, 2.05) is 43.3 Å². The first kappa shape index (κ1) is 18.8. The van der Waals surface area contributed by atoms with Gasteiger partial charge in [0.2, 0.25) is 5.91 Å². The summed E-state index contributed by atoms with van der Waals surface area (Å²) in [6.07, 6.45) is 2.17. The molecule has 0 aliphatic rings. The molecule has 0 aliphatic carbocycles. The molecule has 0 fully saturated rings. The summed E-state index contributed by atoms with van der Waals surface area (Å²) in [6.45, 7) is 5.67. The smallest absolute Gasteiger partial charge is 0.220 e. The summed E-state index contributed by atoms with van der Waals surface area (Å²) in [6, 6.07) is 15.9. The number of rotatable bonds is 10. The van der Waals surface area contributed by atoms with E-state index < -0.39 is 0 Å². The van der Waals surface area contributed by atoms with Gasteiger partial charge in [-0.15, -0.1) is 0 Å². The molecule has 1 N–H and O–H groups in total. The largest absolute Gasteiger partial charge is 0.494 e. The van der Waals surface area contributed by atoms with E-state index in [-0.39, 0.29) is 5.91 Å². The SMILES string of the molecule is CCc1ccc(OCCCC(=O)NCCOc2ccc(C)cc2)cc1. The molecule has 0 spiro atoms. The second kappa shape index (κ2) is 10.4. The molecule has 0 aliphatic heterocycles. The van der Waals surface area contributed by atoms with Gasteiger partial charge in [0.25, 0.3) is 0 Å². The van der Waals surface area contributed by atoms with Crippen molar-refractivity contribution in [3.8, 4) is 11.5 Å². The van der Waals surface area contributed by atoms with Crippen LogP contribution in [-0.4, -0.2) is 25.7 Å². The third-order valence-corrected chi connectivity index (χ3v) is 3.86. The van der Waals surface area contributed by atoms with Crippen molar-refractivity contribution in [3.63, 3.8) is 0 Å². The van der Waals surface area contributed by atoms with E-state index >= 15 is 0 Å². The molecule has 0 unspecified atom stereocenters. The molecule has 1 amide bonds. The molecule has 0 saturated carbocycles. The van der Waals surface area contributed by atoms with Crippen LogP contribution in [0.25, 0.3) is 0 Å². The Hall–Kier alpha value is -2.49. The molecule has 2 aromatic rings. The molecule has 2 aromatic carbocycles. The van der Waals surface area contributed by atoms with Gasteiger partial charge in [-0.25, -0.2) is 0 Å². The van der Waals surface area contributed by atoms with E-state index in [0.29, 0.717) is 32.6 Å².